The van der Waals surface area contributed by atoms with Crippen molar-refractivity contribution >= 4 is 0 Å². The molecule has 3 rings (SSSR count). The summed E-state index contributed by atoms with van der Waals surface area (Å²) in [6.45, 7) is 2.97. The van der Waals surface area contributed by atoms with Gasteiger partial charge in [0.1, 0.15) is 0 Å². The Morgan fingerprint density at radius 3 is 2.61 bits per heavy atom. The normalized spacial score (nSPS) is 17.4. The van der Waals surface area contributed by atoms with Crippen LogP contribution in [-0.4, -0.2) is 15.1 Å². The average Bonchev–Trinajstić information content (AvgIpc) is 2.76. The summed E-state index contributed by atoms with van der Waals surface area (Å²) in [6.07, 6.45) is 7.32. The van der Waals surface area contributed by atoms with Crippen LogP contribution in [0.1, 0.15) is 24.8 Å². The van der Waals surface area contributed by atoms with Crippen molar-refractivity contribution in [1.29, 1.82) is 0 Å². The van der Waals surface area contributed by atoms with Gasteiger partial charge in [0.15, 0.2) is 0 Å². The Labute approximate surface area is 108 Å². The van der Waals surface area contributed by atoms with Crippen LogP contribution in [0.2, 0.25) is 0 Å². The van der Waals surface area contributed by atoms with Gasteiger partial charge in [0, 0.05) is 12.1 Å². The quantitative estimate of drug-likeness (QED) is 0.898. The van der Waals surface area contributed by atoms with Crippen molar-refractivity contribution < 1.29 is 0 Å². The second-order valence-electron chi connectivity index (χ2n) is 5.49. The summed E-state index contributed by atoms with van der Waals surface area (Å²) in [5.74, 6) is 0. The van der Waals surface area contributed by atoms with E-state index in [1.165, 1.54) is 17.5 Å². The van der Waals surface area contributed by atoms with Gasteiger partial charge in [-0.15, -0.1) is 0 Å². The number of aromatic nitrogens is 2. The molecule has 1 heterocycles. The fraction of sp³-hybridized carbons (Fsp3) is 0.400. The Bertz CT molecular complexity index is 535. The number of hydrogen-bond acceptors (Lipinski definition) is 2. The first-order chi connectivity index (χ1) is 8.66. The van der Waals surface area contributed by atoms with E-state index in [1.54, 1.807) is 0 Å². The fourth-order valence-electron chi connectivity index (χ4n) is 2.54. The molecule has 0 spiro atoms. The van der Waals surface area contributed by atoms with Crippen LogP contribution in [0.5, 0.6) is 0 Å². The highest BCUT2D eigenvalue weighted by atomic mass is 15.1. The van der Waals surface area contributed by atoms with Crippen molar-refractivity contribution in [3.05, 3.63) is 42.4 Å². The molecule has 3 nitrogen and oxygen atoms in total. The molecule has 1 aromatic heterocycles. The van der Waals surface area contributed by atoms with Crippen LogP contribution in [0.15, 0.2) is 36.8 Å². The van der Waals surface area contributed by atoms with E-state index in [1.807, 2.05) is 12.5 Å². The van der Waals surface area contributed by atoms with Gasteiger partial charge in [0.25, 0.3) is 0 Å². The predicted octanol–water partition coefficient (Wildman–Crippen LogP) is 2.74. The minimum atomic E-state index is -0.0137. The topological polar surface area (TPSA) is 43.8 Å². The van der Waals surface area contributed by atoms with Crippen molar-refractivity contribution in [3.63, 3.8) is 0 Å². The third-order valence-electron chi connectivity index (χ3n) is 3.89. The molecule has 2 aromatic rings. The van der Waals surface area contributed by atoms with Crippen molar-refractivity contribution in [2.45, 2.75) is 38.3 Å². The van der Waals surface area contributed by atoms with Gasteiger partial charge in [-0.25, -0.2) is 4.98 Å². The Morgan fingerprint density at radius 2 is 2.00 bits per heavy atom. The molecule has 1 saturated carbocycles. The highest BCUT2D eigenvalue weighted by Crippen LogP contribution is 2.32. The van der Waals surface area contributed by atoms with E-state index in [-0.39, 0.29) is 5.54 Å². The van der Waals surface area contributed by atoms with E-state index in [4.69, 9.17) is 5.73 Å². The third-order valence-corrected chi connectivity index (χ3v) is 3.89. The smallest absolute Gasteiger partial charge is 0.0951 e. The summed E-state index contributed by atoms with van der Waals surface area (Å²) in [5, 5.41) is 0. The van der Waals surface area contributed by atoms with Crippen LogP contribution < -0.4 is 5.73 Å². The summed E-state index contributed by atoms with van der Waals surface area (Å²) in [7, 11) is 0. The van der Waals surface area contributed by atoms with Crippen LogP contribution in [0, 0.1) is 6.92 Å². The van der Waals surface area contributed by atoms with E-state index >= 15 is 0 Å². The molecule has 94 valence electrons. The second kappa shape index (κ2) is 4.25. The average molecular weight is 241 g/mol. The first-order valence-electron chi connectivity index (χ1n) is 6.52. The number of nitrogens with zero attached hydrogens (tertiary/aromatic N) is 2. The lowest BCUT2D eigenvalue weighted by Crippen LogP contribution is -2.49. The van der Waals surface area contributed by atoms with Gasteiger partial charge >= 0.3 is 0 Å². The molecule has 1 aliphatic rings. The molecule has 0 bridgehead atoms. The molecule has 3 heteroatoms. The molecule has 0 saturated heterocycles. The van der Waals surface area contributed by atoms with Gasteiger partial charge in [0.2, 0.25) is 0 Å². The van der Waals surface area contributed by atoms with Gasteiger partial charge in [-0.2, -0.15) is 0 Å². The predicted molar refractivity (Wildman–Crippen MR) is 73.2 cm³/mol. The number of hydrogen-bond donors (Lipinski definition) is 1. The Hall–Kier alpha value is -1.61. The molecular weight excluding hydrogens is 222 g/mol. The first-order valence-corrected chi connectivity index (χ1v) is 6.52. The monoisotopic (exact) mass is 241 g/mol. The van der Waals surface area contributed by atoms with Gasteiger partial charge in [0.05, 0.1) is 18.2 Å². The molecule has 0 atom stereocenters. The number of benzene rings is 1. The number of nitrogens with two attached hydrogens (primary N) is 1. The van der Waals surface area contributed by atoms with Gasteiger partial charge in [-0.3, -0.25) is 0 Å². The molecule has 0 unspecified atom stereocenters. The van der Waals surface area contributed by atoms with Crippen molar-refractivity contribution in [3.8, 4) is 11.3 Å². The lowest BCUT2D eigenvalue weighted by molar-refractivity contribution is 0.216. The maximum Gasteiger partial charge on any atom is 0.0951 e. The molecule has 1 fully saturated rings. The van der Waals surface area contributed by atoms with Gasteiger partial charge < -0.3 is 10.3 Å². The fourth-order valence-corrected chi connectivity index (χ4v) is 2.54. The number of imidazole rings is 1. The molecule has 1 aromatic carbocycles. The Balaban J connectivity index is 1.89. The maximum absolute atomic E-state index is 6.32. The lowest BCUT2D eigenvalue weighted by atomic mass is 9.77. The summed E-state index contributed by atoms with van der Waals surface area (Å²) in [6, 6.07) is 8.56. The zero-order valence-corrected chi connectivity index (χ0v) is 10.8. The van der Waals surface area contributed by atoms with E-state index in [2.05, 4.69) is 40.7 Å². The largest absolute Gasteiger partial charge is 0.329 e. The van der Waals surface area contributed by atoms with E-state index < -0.39 is 0 Å². The SMILES string of the molecule is Cc1ccc(-c2cncn2CC2(N)CCC2)cc1. The highest BCUT2D eigenvalue weighted by Gasteiger charge is 2.33. The third kappa shape index (κ3) is 2.06. The molecule has 18 heavy (non-hydrogen) atoms. The highest BCUT2D eigenvalue weighted by molar-refractivity contribution is 5.59. The number of rotatable bonds is 3. The summed E-state index contributed by atoms with van der Waals surface area (Å²) < 4.78 is 2.18. The molecule has 0 amide bonds. The number of aryl methyl sites for hydroxylation is 1. The summed E-state index contributed by atoms with van der Waals surface area (Å²) in [4.78, 5) is 4.27. The van der Waals surface area contributed by atoms with Crippen LogP contribution >= 0.6 is 0 Å². The van der Waals surface area contributed by atoms with Gasteiger partial charge in [-0.05, 0) is 31.7 Å². The summed E-state index contributed by atoms with van der Waals surface area (Å²) in [5.41, 5.74) is 9.95. The van der Waals surface area contributed by atoms with Crippen LogP contribution in [-0.2, 0) is 6.54 Å². The molecule has 1 aliphatic carbocycles. The first kappa shape index (κ1) is 11.5. The van der Waals surface area contributed by atoms with Crippen LogP contribution in [0.25, 0.3) is 11.3 Å². The zero-order chi connectivity index (χ0) is 12.6. The molecule has 0 radical (unpaired) electrons. The standard InChI is InChI=1S/C15H19N3/c1-12-3-5-13(6-4-12)14-9-17-11-18(14)10-15(16)7-2-8-15/h3-6,9,11H,2,7-8,10,16H2,1H3. The van der Waals surface area contributed by atoms with E-state index in [0.29, 0.717) is 0 Å². The van der Waals surface area contributed by atoms with Crippen molar-refractivity contribution in [2.75, 3.05) is 0 Å². The Morgan fingerprint density at radius 1 is 1.28 bits per heavy atom. The van der Waals surface area contributed by atoms with Gasteiger partial charge in [-0.1, -0.05) is 29.8 Å². The molecule has 2 N–H and O–H groups in total. The van der Waals surface area contributed by atoms with Crippen LogP contribution in [0.4, 0.5) is 0 Å². The second-order valence-corrected chi connectivity index (χ2v) is 5.49. The molecule has 0 aliphatic heterocycles. The summed E-state index contributed by atoms with van der Waals surface area (Å²) >= 11 is 0. The maximum atomic E-state index is 6.32. The zero-order valence-electron chi connectivity index (χ0n) is 10.8. The lowest BCUT2D eigenvalue weighted by Gasteiger charge is -2.38. The minimum absolute atomic E-state index is 0.0137. The minimum Gasteiger partial charge on any atom is -0.329 e. The van der Waals surface area contributed by atoms with Crippen molar-refractivity contribution in [2.24, 2.45) is 5.73 Å². The van der Waals surface area contributed by atoms with E-state index in [0.717, 1.165) is 25.1 Å². The van der Waals surface area contributed by atoms with E-state index in [9.17, 15) is 0 Å². The van der Waals surface area contributed by atoms with Crippen LogP contribution in [0.3, 0.4) is 0 Å². The molecular formula is C15H19N3. The van der Waals surface area contributed by atoms with Crippen molar-refractivity contribution in [1.82, 2.24) is 9.55 Å². The Kier molecular flexibility index (Phi) is 2.71.